The number of hydrogen-bond donors (Lipinski definition) is 0. The molecule has 0 saturated heterocycles. The van der Waals surface area contributed by atoms with Crippen molar-refractivity contribution in [2.45, 2.75) is 0 Å². The summed E-state index contributed by atoms with van der Waals surface area (Å²) in [5.41, 5.74) is 0. The van der Waals surface area contributed by atoms with Crippen LogP contribution in [-0.2, 0) is 5.48 Å². The first-order valence-electron chi connectivity index (χ1n) is 3.70. The van der Waals surface area contributed by atoms with E-state index in [1.165, 1.54) is 0 Å². The SMILES string of the molecule is [Bi+3].[Bi+3].[O+2].[O-][I+2]([O-])[O-].[O-][I+2]([O-])[O-].[O-][I+2]([O-])[O-].[O-][I+2]([O-])[O-].[O-][I+2]([O-])[O-].[O-][I+2]([O-])[O-].[O-][I+2]([O-])[O-].[O-][I+2]([O-])[O-]. The second kappa shape index (κ2) is 68.0. The molecule has 35 heteroatoms. The van der Waals surface area contributed by atoms with E-state index >= 15 is 0 Å². The summed E-state index contributed by atoms with van der Waals surface area (Å²) in [6, 6.07) is 0. The van der Waals surface area contributed by atoms with Gasteiger partial charge in [0.2, 0.25) is 0 Å². The van der Waals surface area contributed by atoms with Crippen molar-refractivity contribution in [3.63, 3.8) is 0 Å². The Morgan fingerprint density at radius 1 is 0.171 bits per heavy atom. The topological polar surface area (TPSA) is 582 Å². The average molecular weight is 1830 g/mol. The summed E-state index contributed by atoms with van der Waals surface area (Å²) < 4.78 is 206. The summed E-state index contributed by atoms with van der Waals surface area (Å²) in [5.74, 6) is 0. The molecule has 0 fully saturated rings. The van der Waals surface area contributed by atoms with Crippen LogP contribution in [0.2, 0.25) is 0 Å². The minimum atomic E-state index is -4.01. The Kier molecular flexibility index (Phi) is 142. The fourth-order valence-corrected chi connectivity index (χ4v) is 0. The van der Waals surface area contributed by atoms with E-state index in [1.54, 1.807) is 0 Å². The van der Waals surface area contributed by atoms with Crippen LogP contribution in [0.3, 0.4) is 0 Å². The molecule has 0 aliphatic heterocycles. The van der Waals surface area contributed by atoms with Gasteiger partial charge in [0, 0.05) is 0 Å². The molecular weight excluding hydrogens is 1830 g/mol. The van der Waals surface area contributed by atoms with Crippen LogP contribution in [-0.4, -0.2) is 52.4 Å². The molecule has 0 aliphatic carbocycles. The maximum atomic E-state index is 8.57. The van der Waals surface area contributed by atoms with Crippen molar-refractivity contribution in [1.29, 1.82) is 0 Å². The van der Waals surface area contributed by atoms with Gasteiger partial charge < -0.3 is 82.5 Å². The van der Waals surface area contributed by atoms with Crippen LogP contribution in [0.1, 0.15) is 0 Å². The first-order chi connectivity index (χ1) is 13.9. The summed E-state index contributed by atoms with van der Waals surface area (Å²) in [5, 5.41) is 0. The van der Waals surface area contributed by atoms with E-state index in [4.69, 9.17) is 82.5 Å². The molecule has 0 saturated carbocycles. The Morgan fingerprint density at radius 3 is 0.171 bits per heavy atom. The first kappa shape index (κ1) is 73.2. The monoisotopic (exact) mass is 1830 g/mol. The molecule has 0 amide bonds. The molecule has 0 spiro atoms. The zero-order valence-corrected chi connectivity index (χ0v) is 38.3. The van der Waals surface area contributed by atoms with Crippen LogP contribution in [0, 0.1) is 0 Å². The quantitative estimate of drug-likeness (QED) is 0.160. The summed E-state index contributed by atoms with van der Waals surface area (Å²) in [7, 11) is 0. The third-order valence-corrected chi connectivity index (χ3v) is 0. The van der Waals surface area contributed by atoms with Crippen LogP contribution in [0.15, 0.2) is 0 Å². The van der Waals surface area contributed by atoms with E-state index in [0.29, 0.717) is 0 Å². The van der Waals surface area contributed by atoms with Gasteiger partial charge in [0.1, 0.15) is 0 Å². The summed E-state index contributed by atoms with van der Waals surface area (Å²) in [6.07, 6.45) is 0. The Labute approximate surface area is 302 Å². The normalized spacial score (nSPS) is 8.23. The van der Waals surface area contributed by atoms with Crippen LogP contribution in [0.5, 0.6) is 0 Å². The number of hydrogen-bond acceptors (Lipinski definition) is 24. The molecule has 8 radical (unpaired) electrons. The van der Waals surface area contributed by atoms with E-state index in [-0.39, 0.29) is 57.9 Å². The molecule has 0 N–H and O–H groups in total. The smallest absolute Gasteiger partial charge is 0.427 e. The zero-order valence-electron chi connectivity index (χ0n) is 14.1. The van der Waals surface area contributed by atoms with E-state index < -0.39 is 169 Å². The summed E-state index contributed by atoms with van der Waals surface area (Å²) in [4.78, 5) is 0. The van der Waals surface area contributed by atoms with Crippen LogP contribution >= 0.6 is 0 Å². The standard InChI is InChI=1S/2Bi.8IO3.O/c;;8*2-1(3)4;/q2*+3;8*-1;+2. The second-order valence-corrected chi connectivity index (χ2v) is 10.1. The maximum Gasteiger partial charge on any atom is 3.00 e. The minimum absolute atomic E-state index is 0. The van der Waals surface area contributed by atoms with Crippen molar-refractivity contribution in [2.24, 2.45) is 0 Å². The average Bonchev–Trinajstić information content (AvgIpc) is 2.30. The molecule has 0 bridgehead atoms. The van der Waals surface area contributed by atoms with Gasteiger partial charge in [0.15, 0.2) is 0 Å². The van der Waals surface area contributed by atoms with Crippen LogP contribution < -0.4 is 251 Å². The molecule has 0 rings (SSSR count). The molecule has 0 aromatic carbocycles. The third-order valence-electron chi connectivity index (χ3n) is 0. The summed E-state index contributed by atoms with van der Waals surface area (Å²) >= 11 is -32.1. The van der Waals surface area contributed by atoms with Crippen LogP contribution in [0.25, 0.3) is 0 Å². The van der Waals surface area contributed by atoms with Gasteiger partial charge in [0.05, 0.1) is 0 Å². The van der Waals surface area contributed by atoms with E-state index in [1.807, 2.05) is 0 Å². The predicted octanol–water partition coefficient (Wildman–Crippen LogP) is -53.4. The molecule has 0 aromatic rings. The molecule has 0 heterocycles. The Balaban J connectivity index is -0.0000000206. The molecule has 25 nitrogen and oxygen atoms in total. The molecule has 0 aromatic heterocycles. The Morgan fingerprint density at radius 2 is 0.171 bits per heavy atom. The third kappa shape index (κ3) is 1390. The molecule has 0 aliphatic rings. The van der Waals surface area contributed by atoms with Crippen molar-refractivity contribution in [2.75, 3.05) is 0 Å². The van der Waals surface area contributed by atoms with Gasteiger partial charge in [-0.2, -0.15) is 0 Å². The number of halogens is 8. The molecule has 216 valence electrons. The van der Waals surface area contributed by atoms with Crippen molar-refractivity contribution in [3.05, 3.63) is 0 Å². The minimum Gasteiger partial charge on any atom is -0.427 e. The molecular formula is Bi2I8O25. The Bertz CT molecular complexity index is 147. The van der Waals surface area contributed by atoms with Crippen molar-refractivity contribution < 1.29 is 256 Å². The van der Waals surface area contributed by atoms with E-state index in [2.05, 4.69) is 0 Å². The fourth-order valence-electron chi connectivity index (χ4n) is 0. The number of rotatable bonds is 0. The van der Waals surface area contributed by atoms with Gasteiger partial charge in [-0.05, 0) is 0 Å². The van der Waals surface area contributed by atoms with E-state index in [0.717, 1.165) is 0 Å². The van der Waals surface area contributed by atoms with Gasteiger partial charge in [0.25, 0.3) is 169 Å². The zero-order chi connectivity index (χ0) is 28.6. The van der Waals surface area contributed by atoms with Gasteiger partial charge in [-0.1, -0.05) is 0 Å². The molecule has 0 unspecified atom stereocenters. The van der Waals surface area contributed by atoms with Gasteiger partial charge in [-0.15, -0.1) is 0 Å². The first-order valence-corrected chi connectivity index (χ1v) is 24.8. The molecule has 35 heavy (non-hydrogen) atoms. The van der Waals surface area contributed by atoms with Crippen molar-refractivity contribution in [1.82, 2.24) is 0 Å². The van der Waals surface area contributed by atoms with Gasteiger partial charge in [-0.3, -0.25) is 0 Å². The van der Waals surface area contributed by atoms with Crippen molar-refractivity contribution >= 4 is 52.4 Å². The van der Waals surface area contributed by atoms with Crippen LogP contribution in [0.4, 0.5) is 0 Å². The largest absolute Gasteiger partial charge is 3.00 e. The predicted molar refractivity (Wildman–Crippen MR) is 12.2 cm³/mol. The van der Waals surface area contributed by atoms with Gasteiger partial charge in [-0.25, -0.2) is 0 Å². The molecule has 0 atom stereocenters. The van der Waals surface area contributed by atoms with E-state index in [9.17, 15) is 0 Å². The summed E-state index contributed by atoms with van der Waals surface area (Å²) in [6.45, 7) is 0. The maximum absolute atomic E-state index is 8.57. The second-order valence-electron chi connectivity index (χ2n) is 1.51. The van der Waals surface area contributed by atoms with Gasteiger partial charge >= 0.3 is 57.9 Å². The van der Waals surface area contributed by atoms with Crippen molar-refractivity contribution in [3.8, 4) is 0 Å². The Hall–Kier alpha value is 6.61. The fraction of sp³-hybridized carbons (Fsp3) is 0.